The maximum atomic E-state index is 13.3. The van der Waals surface area contributed by atoms with E-state index >= 15 is 0 Å². The van der Waals surface area contributed by atoms with E-state index in [0.29, 0.717) is 24.7 Å². The fourth-order valence-corrected chi connectivity index (χ4v) is 6.32. The van der Waals surface area contributed by atoms with E-state index in [1.807, 2.05) is 65.6 Å². The van der Waals surface area contributed by atoms with E-state index in [9.17, 15) is 13.2 Å². The molecule has 6 nitrogen and oxygen atoms in total. The molecule has 3 aromatic rings. The van der Waals surface area contributed by atoms with Crippen LogP contribution in [0.5, 0.6) is 0 Å². The van der Waals surface area contributed by atoms with Gasteiger partial charge in [0.15, 0.2) is 0 Å². The van der Waals surface area contributed by atoms with Crippen molar-refractivity contribution in [2.45, 2.75) is 29.7 Å². The molecule has 0 aliphatic carbocycles. The van der Waals surface area contributed by atoms with Crippen LogP contribution < -0.4 is 4.72 Å². The normalized spacial score (nSPS) is 18.5. The molecule has 2 aliphatic rings. The molecule has 182 valence electrons. The summed E-state index contributed by atoms with van der Waals surface area (Å²) in [4.78, 5) is 17.6. The minimum atomic E-state index is -3.80. The minimum absolute atomic E-state index is 0.0972. The van der Waals surface area contributed by atoms with Gasteiger partial charge in [-0.1, -0.05) is 66.7 Å². The van der Waals surface area contributed by atoms with Crippen LogP contribution >= 0.6 is 0 Å². The topological polar surface area (TPSA) is 69.7 Å². The van der Waals surface area contributed by atoms with Crippen LogP contribution in [0, 0.1) is 0 Å². The van der Waals surface area contributed by atoms with Crippen molar-refractivity contribution in [3.8, 4) is 0 Å². The standard InChI is InChI=1S/C28H31N3O3S/c32-28(31-18-17-30-16-8-14-25(30)21-31)24-13-7-15-26(19-24)35(33,34)29-20-27(22-9-3-1-4-10-22)23-11-5-2-6-12-23/h1-7,9-13,15,19,25,27,29H,8,14,16-18,20-21H2/t25-/m1/s1. The lowest BCUT2D eigenvalue weighted by Crippen LogP contribution is -2.52. The van der Waals surface area contributed by atoms with Crippen LogP contribution in [0.15, 0.2) is 89.8 Å². The minimum Gasteiger partial charge on any atom is -0.336 e. The quantitative estimate of drug-likeness (QED) is 0.549. The van der Waals surface area contributed by atoms with Gasteiger partial charge >= 0.3 is 0 Å². The van der Waals surface area contributed by atoms with Crippen LogP contribution in [0.25, 0.3) is 0 Å². The third-order valence-corrected chi connectivity index (χ3v) is 8.57. The van der Waals surface area contributed by atoms with Crippen LogP contribution in [-0.2, 0) is 10.0 Å². The van der Waals surface area contributed by atoms with Crippen LogP contribution in [-0.4, -0.2) is 62.9 Å². The fraction of sp³-hybridized carbons (Fsp3) is 0.321. The summed E-state index contributed by atoms with van der Waals surface area (Å²) in [7, 11) is -3.80. The Labute approximate surface area is 207 Å². The summed E-state index contributed by atoms with van der Waals surface area (Å²) >= 11 is 0. The number of sulfonamides is 1. The number of nitrogens with one attached hydrogen (secondary N) is 1. The molecule has 3 aromatic carbocycles. The highest BCUT2D eigenvalue weighted by molar-refractivity contribution is 7.89. The van der Waals surface area contributed by atoms with Crippen molar-refractivity contribution in [2.75, 3.05) is 32.7 Å². The summed E-state index contributed by atoms with van der Waals surface area (Å²) in [6, 6.07) is 26.6. The van der Waals surface area contributed by atoms with Crippen LogP contribution in [0.3, 0.4) is 0 Å². The van der Waals surface area contributed by atoms with Gasteiger partial charge in [0, 0.05) is 43.7 Å². The van der Waals surface area contributed by atoms with Gasteiger partial charge in [0.05, 0.1) is 4.90 Å². The molecule has 7 heteroatoms. The van der Waals surface area contributed by atoms with Gasteiger partial charge in [0.25, 0.3) is 5.91 Å². The number of hydrogen-bond acceptors (Lipinski definition) is 4. The first kappa shape index (κ1) is 23.7. The van der Waals surface area contributed by atoms with Crippen LogP contribution in [0.4, 0.5) is 0 Å². The third kappa shape index (κ3) is 5.32. The van der Waals surface area contributed by atoms with Gasteiger partial charge < -0.3 is 4.90 Å². The predicted molar refractivity (Wildman–Crippen MR) is 137 cm³/mol. The lowest BCUT2D eigenvalue weighted by Gasteiger charge is -2.37. The number of benzene rings is 3. The Morgan fingerprint density at radius 1 is 0.886 bits per heavy atom. The molecular formula is C28H31N3O3S. The first-order valence-electron chi connectivity index (χ1n) is 12.2. The van der Waals surface area contributed by atoms with Gasteiger partial charge in [-0.2, -0.15) is 0 Å². The third-order valence-electron chi connectivity index (χ3n) is 7.15. The number of rotatable bonds is 7. The zero-order valence-corrected chi connectivity index (χ0v) is 20.5. The van der Waals surface area contributed by atoms with Crippen molar-refractivity contribution >= 4 is 15.9 Å². The zero-order valence-electron chi connectivity index (χ0n) is 19.7. The van der Waals surface area contributed by atoms with E-state index in [2.05, 4.69) is 9.62 Å². The van der Waals surface area contributed by atoms with Crippen molar-refractivity contribution in [2.24, 2.45) is 0 Å². The molecule has 0 unspecified atom stereocenters. The molecule has 35 heavy (non-hydrogen) atoms. The number of carbonyl (C=O) groups excluding carboxylic acids is 1. The maximum Gasteiger partial charge on any atom is 0.253 e. The number of hydrogen-bond donors (Lipinski definition) is 1. The van der Waals surface area contributed by atoms with E-state index in [4.69, 9.17) is 0 Å². The second kappa shape index (κ2) is 10.3. The fourth-order valence-electron chi connectivity index (χ4n) is 5.23. The number of fused-ring (bicyclic) bond motifs is 1. The monoisotopic (exact) mass is 489 g/mol. The molecule has 0 spiro atoms. The molecule has 2 fully saturated rings. The highest BCUT2D eigenvalue weighted by atomic mass is 32.2. The Balaban J connectivity index is 1.32. The number of piperazine rings is 1. The zero-order chi connectivity index (χ0) is 24.3. The average molecular weight is 490 g/mol. The molecule has 0 bridgehead atoms. The molecule has 0 aromatic heterocycles. The summed E-state index contributed by atoms with van der Waals surface area (Å²) in [6.45, 7) is 3.61. The van der Waals surface area contributed by atoms with E-state index in [-0.39, 0.29) is 23.3 Å². The van der Waals surface area contributed by atoms with Gasteiger partial charge in [0.1, 0.15) is 0 Å². The number of carbonyl (C=O) groups is 1. The Bertz CT molecular complexity index is 1230. The van der Waals surface area contributed by atoms with Gasteiger partial charge in [-0.05, 0) is 48.7 Å². The number of nitrogens with zero attached hydrogens (tertiary/aromatic N) is 2. The van der Waals surface area contributed by atoms with Gasteiger partial charge in [-0.15, -0.1) is 0 Å². The predicted octanol–water partition coefficient (Wildman–Crippen LogP) is 3.72. The Hall–Kier alpha value is -3.00. The molecule has 1 atom stereocenters. The van der Waals surface area contributed by atoms with Crippen molar-refractivity contribution in [3.05, 3.63) is 102 Å². The van der Waals surface area contributed by atoms with E-state index in [0.717, 1.165) is 30.6 Å². The van der Waals surface area contributed by atoms with Gasteiger partial charge in [0.2, 0.25) is 10.0 Å². The summed E-state index contributed by atoms with van der Waals surface area (Å²) in [5.74, 6) is -0.222. The Morgan fingerprint density at radius 2 is 1.57 bits per heavy atom. The number of amides is 1. The first-order valence-corrected chi connectivity index (χ1v) is 13.7. The van der Waals surface area contributed by atoms with E-state index < -0.39 is 10.0 Å². The molecular weight excluding hydrogens is 458 g/mol. The van der Waals surface area contributed by atoms with Crippen molar-refractivity contribution < 1.29 is 13.2 Å². The van der Waals surface area contributed by atoms with Crippen molar-refractivity contribution in [1.29, 1.82) is 0 Å². The Morgan fingerprint density at radius 3 is 2.26 bits per heavy atom. The lowest BCUT2D eigenvalue weighted by atomic mass is 9.92. The van der Waals surface area contributed by atoms with E-state index in [1.54, 1.807) is 18.2 Å². The van der Waals surface area contributed by atoms with Gasteiger partial charge in [-0.3, -0.25) is 9.69 Å². The molecule has 2 aliphatic heterocycles. The second-order valence-electron chi connectivity index (χ2n) is 9.34. The van der Waals surface area contributed by atoms with Gasteiger partial charge in [-0.25, -0.2) is 13.1 Å². The summed E-state index contributed by atoms with van der Waals surface area (Å²) in [5, 5.41) is 0. The highest BCUT2D eigenvalue weighted by Crippen LogP contribution is 2.25. The molecule has 5 rings (SSSR count). The van der Waals surface area contributed by atoms with Crippen molar-refractivity contribution in [3.63, 3.8) is 0 Å². The van der Waals surface area contributed by atoms with Crippen LogP contribution in [0.1, 0.15) is 40.2 Å². The molecule has 1 N–H and O–H groups in total. The largest absolute Gasteiger partial charge is 0.336 e. The van der Waals surface area contributed by atoms with E-state index in [1.165, 1.54) is 12.5 Å². The molecule has 0 radical (unpaired) electrons. The SMILES string of the molecule is O=C(c1cccc(S(=O)(=O)NCC(c2ccccc2)c2ccccc2)c1)N1CCN2CCC[C@@H]2C1. The lowest BCUT2D eigenvalue weighted by molar-refractivity contribution is 0.0571. The molecule has 0 saturated carbocycles. The average Bonchev–Trinajstić information content (AvgIpc) is 3.38. The molecule has 2 saturated heterocycles. The molecule has 2 heterocycles. The molecule has 1 amide bonds. The van der Waals surface area contributed by atoms with Crippen molar-refractivity contribution in [1.82, 2.24) is 14.5 Å². The summed E-state index contributed by atoms with van der Waals surface area (Å²) in [5.41, 5.74) is 2.50. The highest BCUT2D eigenvalue weighted by Gasteiger charge is 2.33. The summed E-state index contributed by atoms with van der Waals surface area (Å²) in [6.07, 6.45) is 2.30. The summed E-state index contributed by atoms with van der Waals surface area (Å²) < 4.78 is 29.3. The van der Waals surface area contributed by atoms with Crippen LogP contribution in [0.2, 0.25) is 0 Å². The first-order chi connectivity index (χ1) is 17.0. The smallest absolute Gasteiger partial charge is 0.253 e. The Kier molecular flexibility index (Phi) is 7.00. The maximum absolute atomic E-state index is 13.3. The second-order valence-corrected chi connectivity index (χ2v) is 11.1.